The third kappa shape index (κ3) is 4.18. The molecule has 0 bridgehead atoms. The fourth-order valence-corrected chi connectivity index (χ4v) is 2.37. The maximum Gasteiger partial charge on any atom is 0.340 e. The molecule has 0 saturated heterocycles. The number of carbonyl (C=O) groups excluding carboxylic acids is 2. The normalized spacial score (nSPS) is 11.2. The maximum atomic E-state index is 13.0. The van der Waals surface area contributed by atoms with Crippen LogP contribution in [-0.2, 0) is 9.53 Å². The Bertz CT molecular complexity index is 833. The van der Waals surface area contributed by atoms with Gasteiger partial charge in [0, 0.05) is 4.47 Å². The minimum absolute atomic E-state index is 0.105. The Morgan fingerprint density at radius 1 is 1.29 bits per heavy atom. The molecule has 2 rings (SSSR count). The number of rotatable bonds is 4. The Morgan fingerprint density at radius 2 is 2.00 bits per heavy atom. The van der Waals surface area contributed by atoms with Gasteiger partial charge in [-0.1, -0.05) is 12.1 Å². The van der Waals surface area contributed by atoms with Crippen molar-refractivity contribution in [2.75, 3.05) is 5.32 Å². The second-order valence-corrected chi connectivity index (χ2v) is 5.67. The highest BCUT2D eigenvalue weighted by Gasteiger charge is 2.21. The molecule has 122 valence electrons. The van der Waals surface area contributed by atoms with Gasteiger partial charge in [0.2, 0.25) is 0 Å². The van der Waals surface area contributed by atoms with E-state index in [2.05, 4.69) is 21.2 Å². The molecule has 1 atom stereocenters. The van der Waals surface area contributed by atoms with E-state index in [0.717, 1.165) is 12.1 Å². The smallest absolute Gasteiger partial charge is 0.340 e. The van der Waals surface area contributed by atoms with E-state index in [1.807, 2.05) is 6.07 Å². The van der Waals surface area contributed by atoms with Gasteiger partial charge in [0.1, 0.15) is 11.9 Å². The zero-order valence-electron chi connectivity index (χ0n) is 12.5. The van der Waals surface area contributed by atoms with E-state index in [-0.39, 0.29) is 10.0 Å². The van der Waals surface area contributed by atoms with Crippen molar-refractivity contribution in [1.82, 2.24) is 0 Å². The maximum absolute atomic E-state index is 13.0. The number of benzene rings is 2. The summed E-state index contributed by atoms with van der Waals surface area (Å²) in [6, 6.07) is 11.9. The van der Waals surface area contributed by atoms with Crippen LogP contribution in [0.3, 0.4) is 0 Å². The van der Waals surface area contributed by atoms with Crippen molar-refractivity contribution in [2.45, 2.75) is 13.0 Å². The molecule has 0 saturated carbocycles. The van der Waals surface area contributed by atoms with Gasteiger partial charge < -0.3 is 10.1 Å². The van der Waals surface area contributed by atoms with E-state index in [9.17, 15) is 14.0 Å². The average Bonchev–Trinajstić information content (AvgIpc) is 2.55. The lowest BCUT2D eigenvalue weighted by Crippen LogP contribution is -2.30. The molecule has 0 spiro atoms. The first-order valence-corrected chi connectivity index (χ1v) is 7.67. The highest BCUT2D eigenvalue weighted by Crippen LogP contribution is 2.20. The molecule has 0 heterocycles. The van der Waals surface area contributed by atoms with Gasteiger partial charge in [0.15, 0.2) is 6.10 Å². The number of hydrogen-bond acceptors (Lipinski definition) is 4. The zero-order chi connectivity index (χ0) is 17.7. The highest BCUT2D eigenvalue weighted by molar-refractivity contribution is 9.10. The Hall–Kier alpha value is -2.72. The molecular weight excluding hydrogens is 379 g/mol. The predicted molar refractivity (Wildman–Crippen MR) is 88.8 cm³/mol. The van der Waals surface area contributed by atoms with E-state index in [1.165, 1.54) is 13.0 Å². The molecular formula is C17H12BrFN2O3. The summed E-state index contributed by atoms with van der Waals surface area (Å²) in [6.45, 7) is 1.40. The van der Waals surface area contributed by atoms with E-state index in [1.54, 1.807) is 24.3 Å². The zero-order valence-corrected chi connectivity index (χ0v) is 14.1. The number of para-hydroxylation sites is 1. The van der Waals surface area contributed by atoms with Gasteiger partial charge in [-0.25, -0.2) is 9.18 Å². The number of hydrogen-bond donors (Lipinski definition) is 1. The minimum Gasteiger partial charge on any atom is -0.449 e. The van der Waals surface area contributed by atoms with Crippen molar-refractivity contribution in [1.29, 1.82) is 5.26 Å². The lowest BCUT2D eigenvalue weighted by atomic mass is 10.2. The van der Waals surface area contributed by atoms with Gasteiger partial charge in [-0.15, -0.1) is 0 Å². The Kier molecular flexibility index (Phi) is 5.66. The van der Waals surface area contributed by atoms with Crippen LogP contribution < -0.4 is 5.32 Å². The van der Waals surface area contributed by atoms with E-state index >= 15 is 0 Å². The number of carbonyl (C=O) groups is 2. The van der Waals surface area contributed by atoms with Crippen LogP contribution in [0.2, 0.25) is 0 Å². The van der Waals surface area contributed by atoms with Crippen LogP contribution in [0.1, 0.15) is 22.8 Å². The lowest BCUT2D eigenvalue weighted by molar-refractivity contribution is -0.123. The summed E-state index contributed by atoms with van der Waals surface area (Å²) in [5.41, 5.74) is 0.731. The molecule has 2 aromatic rings. The molecule has 0 aliphatic rings. The number of anilines is 1. The van der Waals surface area contributed by atoms with Crippen LogP contribution in [0.4, 0.5) is 10.1 Å². The largest absolute Gasteiger partial charge is 0.449 e. The molecule has 0 radical (unpaired) electrons. The lowest BCUT2D eigenvalue weighted by Gasteiger charge is -2.14. The second-order valence-electron chi connectivity index (χ2n) is 4.82. The van der Waals surface area contributed by atoms with Gasteiger partial charge in [-0.3, -0.25) is 4.79 Å². The Balaban J connectivity index is 2.06. The monoisotopic (exact) mass is 390 g/mol. The summed E-state index contributed by atoms with van der Waals surface area (Å²) < 4.78 is 18.4. The molecule has 0 aromatic heterocycles. The van der Waals surface area contributed by atoms with Gasteiger partial charge in [0.25, 0.3) is 5.91 Å². The molecule has 1 N–H and O–H groups in total. The van der Waals surface area contributed by atoms with Crippen LogP contribution in [-0.4, -0.2) is 18.0 Å². The van der Waals surface area contributed by atoms with Crippen molar-refractivity contribution in [2.24, 2.45) is 0 Å². The summed E-state index contributed by atoms with van der Waals surface area (Å²) in [4.78, 5) is 24.2. The van der Waals surface area contributed by atoms with Gasteiger partial charge >= 0.3 is 5.97 Å². The standard InChI is InChI=1S/C17H12BrFN2O3/c1-10(16(22)21-15-5-3-2-4-11(15)9-20)24-17(23)13-7-6-12(19)8-14(13)18/h2-8,10H,1H3,(H,21,22)/t10-/m0/s1. The van der Waals surface area contributed by atoms with Gasteiger partial charge in [0.05, 0.1) is 16.8 Å². The first kappa shape index (κ1) is 17.6. The molecule has 7 heteroatoms. The molecule has 2 aromatic carbocycles. The highest BCUT2D eigenvalue weighted by atomic mass is 79.9. The van der Waals surface area contributed by atoms with Crippen molar-refractivity contribution in [3.05, 3.63) is 63.9 Å². The van der Waals surface area contributed by atoms with Crippen molar-refractivity contribution in [3.8, 4) is 6.07 Å². The van der Waals surface area contributed by atoms with Gasteiger partial charge in [-0.05, 0) is 53.2 Å². The van der Waals surface area contributed by atoms with Crippen LogP contribution in [0.5, 0.6) is 0 Å². The number of amides is 1. The van der Waals surface area contributed by atoms with Crippen molar-refractivity contribution >= 4 is 33.5 Å². The topological polar surface area (TPSA) is 79.2 Å². The van der Waals surface area contributed by atoms with Crippen LogP contribution in [0, 0.1) is 17.1 Å². The average molecular weight is 391 g/mol. The number of nitrogens with one attached hydrogen (secondary N) is 1. The molecule has 0 unspecified atom stereocenters. The number of halogens is 2. The molecule has 0 aliphatic heterocycles. The Morgan fingerprint density at radius 3 is 2.67 bits per heavy atom. The summed E-state index contributed by atoms with van der Waals surface area (Å²) >= 11 is 3.07. The minimum atomic E-state index is -1.10. The first-order chi connectivity index (χ1) is 11.4. The molecule has 0 aliphatic carbocycles. The molecule has 24 heavy (non-hydrogen) atoms. The predicted octanol–water partition coefficient (Wildman–Crippen LogP) is 3.64. The number of nitriles is 1. The van der Waals surface area contributed by atoms with Crippen LogP contribution >= 0.6 is 15.9 Å². The SMILES string of the molecule is C[C@H](OC(=O)c1ccc(F)cc1Br)C(=O)Nc1ccccc1C#N. The number of esters is 1. The van der Waals surface area contributed by atoms with E-state index in [0.29, 0.717) is 11.3 Å². The van der Waals surface area contributed by atoms with Crippen molar-refractivity contribution in [3.63, 3.8) is 0 Å². The summed E-state index contributed by atoms with van der Waals surface area (Å²) in [5.74, 6) is -1.85. The molecule has 5 nitrogen and oxygen atoms in total. The second kappa shape index (κ2) is 7.70. The Labute approximate surface area is 146 Å². The van der Waals surface area contributed by atoms with E-state index < -0.39 is 23.8 Å². The fraction of sp³-hybridized carbons (Fsp3) is 0.118. The third-order valence-electron chi connectivity index (χ3n) is 3.11. The molecule has 0 fully saturated rings. The molecule has 1 amide bonds. The van der Waals surface area contributed by atoms with Gasteiger partial charge in [-0.2, -0.15) is 5.26 Å². The quantitative estimate of drug-likeness (QED) is 0.808. The number of ether oxygens (including phenoxy) is 1. The fourth-order valence-electron chi connectivity index (χ4n) is 1.86. The van der Waals surface area contributed by atoms with E-state index in [4.69, 9.17) is 10.00 Å². The summed E-state index contributed by atoms with van der Waals surface area (Å²) in [7, 11) is 0. The third-order valence-corrected chi connectivity index (χ3v) is 3.77. The van der Waals surface area contributed by atoms with Crippen molar-refractivity contribution < 1.29 is 18.7 Å². The summed E-state index contributed by atoms with van der Waals surface area (Å²) in [5, 5.41) is 11.5. The van der Waals surface area contributed by atoms with Crippen LogP contribution in [0.15, 0.2) is 46.9 Å². The summed E-state index contributed by atoms with van der Waals surface area (Å²) in [6.07, 6.45) is -1.10. The number of nitrogens with zero attached hydrogens (tertiary/aromatic N) is 1. The first-order valence-electron chi connectivity index (χ1n) is 6.88. The van der Waals surface area contributed by atoms with Crippen LogP contribution in [0.25, 0.3) is 0 Å².